The first kappa shape index (κ1) is 14.7. The van der Waals surface area contributed by atoms with E-state index in [9.17, 15) is 0 Å². The first-order chi connectivity index (χ1) is 10.3. The summed E-state index contributed by atoms with van der Waals surface area (Å²) in [6, 6.07) is 15.2. The molecule has 0 aliphatic carbocycles. The number of nitrogens with zero attached hydrogens (tertiary/aromatic N) is 2. The van der Waals surface area contributed by atoms with E-state index in [0.29, 0.717) is 0 Å². The van der Waals surface area contributed by atoms with Crippen LogP contribution in [0.3, 0.4) is 0 Å². The molecule has 0 fully saturated rings. The predicted molar refractivity (Wildman–Crippen MR) is 94.5 cm³/mol. The van der Waals surface area contributed by atoms with Crippen LogP contribution in [0.2, 0.25) is 0 Å². The predicted octanol–water partition coefficient (Wildman–Crippen LogP) is 5.04. The number of fused-ring (bicyclic) bond motifs is 1. The van der Waals surface area contributed by atoms with Gasteiger partial charge in [0.2, 0.25) is 0 Å². The number of rotatable bonds is 1. The molecule has 22 heavy (non-hydrogen) atoms. The third-order valence-corrected chi connectivity index (χ3v) is 4.43. The molecule has 0 saturated carbocycles. The number of para-hydroxylation sites is 2. The molecule has 3 rings (SSSR count). The summed E-state index contributed by atoms with van der Waals surface area (Å²) in [5.74, 6) is 0.993. The van der Waals surface area contributed by atoms with Crippen LogP contribution in [-0.4, -0.2) is 9.13 Å². The van der Waals surface area contributed by atoms with Crippen LogP contribution < -0.4 is 0 Å². The normalized spacial score (nSPS) is 12.0. The van der Waals surface area contributed by atoms with Crippen LogP contribution in [0.25, 0.3) is 16.7 Å². The molecule has 2 aromatic carbocycles. The first-order valence-corrected chi connectivity index (χ1v) is 7.73. The van der Waals surface area contributed by atoms with E-state index >= 15 is 0 Å². The van der Waals surface area contributed by atoms with Gasteiger partial charge in [0.1, 0.15) is 5.69 Å². The molecule has 0 aliphatic heterocycles. The summed E-state index contributed by atoms with van der Waals surface area (Å²) < 4.78 is 4.39. The van der Waals surface area contributed by atoms with Crippen LogP contribution in [0.1, 0.15) is 37.7 Å². The molecule has 0 saturated heterocycles. The minimum Gasteiger partial charge on any atom is -0.294 e. The van der Waals surface area contributed by atoms with Gasteiger partial charge in [0.15, 0.2) is 11.0 Å². The maximum atomic E-state index is 4.27. The van der Waals surface area contributed by atoms with E-state index in [0.717, 1.165) is 5.82 Å². The lowest BCUT2D eigenvalue weighted by atomic mass is 9.86. The average Bonchev–Trinajstić information content (AvgIpc) is 2.71. The van der Waals surface area contributed by atoms with Crippen molar-refractivity contribution in [1.82, 2.24) is 9.13 Å². The Bertz CT molecular complexity index is 848. The number of hydrogen-bond donors (Lipinski definition) is 0. The fraction of sp³-hybridized carbons (Fsp3) is 0.300. The average molecular weight is 292 g/mol. The zero-order valence-electron chi connectivity index (χ0n) is 14.1. The second-order valence-corrected chi connectivity index (χ2v) is 7.05. The number of benzene rings is 2. The molecular formula is C20H24N2. The molecule has 2 heteroatoms. The smallest absolute Gasteiger partial charge is 0.188 e. The largest absolute Gasteiger partial charge is 0.294 e. The van der Waals surface area contributed by atoms with Gasteiger partial charge in [-0.1, -0.05) is 20.8 Å². The Hall–Kier alpha value is -2.22. The first-order valence-electron chi connectivity index (χ1n) is 7.73. The molecule has 0 atom stereocenters. The van der Waals surface area contributed by atoms with Gasteiger partial charge in [-0.3, -0.25) is 11.5 Å². The molecule has 1 heterocycles. The lowest BCUT2D eigenvalue weighted by Crippen LogP contribution is -2.12. The summed E-state index contributed by atoms with van der Waals surface area (Å²) in [7, 11) is 2.07. The van der Waals surface area contributed by atoms with Crippen molar-refractivity contribution in [2.24, 2.45) is 7.05 Å². The Morgan fingerprint density at radius 3 is 2.23 bits per heavy atom. The Morgan fingerprint density at radius 2 is 1.64 bits per heavy atom. The third kappa shape index (κ3) is 2.19. The minimum absolute atomic E-state index is 0.167. The summed E-state index contributed by atoms with van der Waals surface area (Å²) in [4.78, 5) is 0. The number of aryl methyl sites for hydroxylation is 2. The van der Waals surface area contributed by atoms with Crippen molar-refractivity contribution < 1.29 is 0 Å². The molecule has 0 N–H and O–H groups in total. The van der Waals surface area contributed by atoms with Gasteiger partial charge in [-0.15, -0.1) is 0 Å². The third-order valence-electron chi connectivity index (χ3n) is 4.43. The van der Waals surface area contributed by atoms with Gasteiger partial charge in [-0.25, -0.2) is 4.57 Å². The number of imidazole rings is 1. The van der Waals surface area contributed by atoms with Crippen molar-refractivity contribution in [3.05, 3.63) is 66.3 Å². The zero-order chi connectivity index (χ0) is 16.1. The van der Waals surface area contributed by atoms with Crippen LogP contribution in [0.4, 0.5) is 0 Å². The van der Waals surface area contributed by atoms with E-state index in [1.807, 2.05) is 0 Å². The van der Waals surface area contributed by atoms with Gasteiger partial charge in [-0.05, 0) is 42.2 Å². The van der Waals surface area contributed by atoms with Crippen molar-refractivity contribution >= 4 is 11.0 Å². The highest BCUT2D eigenvalue weighted by molar-refractivity contribution is 5.79. The Balaban J connectivity index is 2.27. The Morgan fingerprint density at radius 1 is 1.00 bits per heavy atom. The SMILES string of the molecule is [CH2-][c+]1n(C)c2ccccc2n1-c1ccc(C(C)(C)C)cc1C. The van der Waals surface area contributed by atoms with Gasteiger partial charge >= 0.3 is 0 Å². The van der Waals surface area contributed by atoms with E-state index in [2.05, 4.69) is 93.3 Å². The van der Waals surface area contributed by atoms with E-state index in [1.165, 1.54) is 27.8 Å². The lowest BCUT2D eigenvalue weighted by molar-refractivity contribution is 0.589. The van der Waals surface area contributed by atoms with Crippen molar-refractivity contribution in [3.8, 4) is 5.69 Å². The van der Waals surface area contributed by atoms with Crippen molar-refractivity contribution in [2.45, 2.75) is 33.1 Å². The van der Waals surface area contributed by atoms with Gasteiger partial charge < -0.3 is 0 Å². The van der Waals surface area contributed by atoms with Gasteiger partial charge in [-0.2, -0.15) is 0 Å². The second kappa shape index (κ2) is 4.91. The summed E-state index contributed by atoms with van der Waals surface area (Å²) in [5.41, 5.74) is 6.40. The molecule has 0 radical (unpaired) electrons. The summed E-state index contributed by atoms with van der Waals surface area (Å²) in [5, 5.41) is 0. The highest BCUT2D eigenvalue weighted by Crippen LogP contribution is 2.29. The molecule has 0 aliphatic rings. The van der Waals surface area contributed by atoms with E-state index in [1.54, 1.807) is 0 Å². The quantitative estimate of drug-likeness (QED) is 0.556. The summed E-state index contributed by atoms with van der Waals surface area (Å²) >= 11 is 0. The molecule has 3 aromatic rings. The fourth-order valence-corrected chi connectivity index (χ4v) is 3.01. The monoisotopic (exact) mass is 292 g/mol. The van der Waals surface area contributed by atoms with E-state index < -0.39 is 0 Å². The maximum absolute atomic E-state index is 4.27. The number of aromatic nitrogens is 2. The molecule has 0 bridgehead atoms. The lowest BCUT2D eigenvalue weighted by Gasteiger charge is -2.20. The molecule has 0 spiro atoms. The highest BCUT2D eigenvalue weighted by atomic mass is 15.2. The second-order valence-electron chi connectivity index (χ2n) is 7.05. The van der Waals surface area contributed by atoms with Gasteiger partial charge in [0, 0.05) is 36.6 Å². The molecule has 114 valence electrons. The van der Waals surface area contributed by atoms with Crippen LogP contribution in [-0.2, 0) is 12.5 Å². The zero-order valence-corrected chi connectivity index (χ0v) is 14.1. The Kier molecular flexibility index (Phi) is 3.28. The van der Waals surface area contributed by atoms with Gasteiger partial charge in [0.05, 0.1) is 0 Å². The molecule has 1 aromatic heterocycles. The van der Waals surface area contributed by atoms with Gasteiger partial charge in [0.25, 0.3) is 0 Å². The highest BCUT2D eigenvalue weighted by Gasteiger charge is 2.20. The van der Waals surface area contributed by atoms with Crippen LogP contribution in [0.5, 0.6) is 0 Å². The fourth-order valence-electron chi connectivity index (χ4n) is 3.01. The van der Waals surface area contributed by atoms with E-state index in [4.69, 9.17) is 0 Å². The minimum atomic E-state index is 0.167. The number of hydrogen-bond acceptors (Lipinski definition) is 0. The van der Waals surface area contributed by atoms with Crippen molar-refractivity contribution in [3.63, 3.8) is 0 Å². The summed E-state index contributed by atoms with van der Waals surface area (Å²) in [6.45, 7) is 13.2. The van der Waals surface area contributed by atoms with Crippen molar-refractivity contribution in [2.75, 3.05) is 0 Å². The standard InChI is InChI=1S/C20H24N2/c1-14-13-16(20(3,4)5)11-12-17(14)22-15(2)21(6)18-9-7-8-10-19(18)22/h7-13H,2H2,1,3-6H3. The Labute approximate surface area is 133 Å². The molecule has 0 unspecified atom stereocenters. The molecule has 2 nitrogen and oxygen atoms in total. The van der Waals surface area contributed by atoms with Crippen molar-refractivity contribution in [1.29, 1.82) is 0 Å². The van der Waals surface area contributed by atoms with Crippen LogP contribution >= 0.6 is 0 Å². The van der Waals surface area contributed by atoms with E-state index in [-0.39, 0.29) is 5.41 Å². The van der Waals surface area contributed by atoms with Crippen LogP contribution in [0, 0.1) is 13.8 Å². The topological polar surface area (TPSA) is 9.86 Å². The molecule has 0 amide bonds. The van der Waals surface area contributed by atoms with Crippen LogP contribution in [0.15, 0.2) is 42.5 Å². The maximum Gasteiger partial charge on any atom is 0.188 e. The summed E-state index contributed by atoms with van der Waals surface area (Å²) in [6.07, 6.45) is 0. The molecular weight excluding hydrogens is 268 g/mol.